The molecule has 0 aromatic carbocycles. The summed E-state index contributed by atoms with van der Waals surface area (Å²) in [4.78, 5) is 2.65. The van der Waals surface area contributed by atoms with E-state index in [1.807, 2.05) is 6.92 Å². The molecule has 2 fully saturated rings. The molecule has 2 N–H and O–H groups in total. The quantitative estimate of drug-likeness (QED) is 0.788. The van der Waals surface area contributed by atoms with Gasteiger partial charge in [-0.1, -0.05) is 19.8 Å². The van der Waals surface area contributed by atoms with E-state index in [-0.39, 0.29) is 6.10 Å². The number of likely N-dealkylation sites (tertiary alicyclic amines) is 1. The average Bonchev–Trinajstić information content (AvgIpc) is 2.89. The van der Waals surface area contributed by atoms with Gasteiger partial charge in [-0.25, -0.2) is 0 Å². The van der Waals surface area contributed by atoms with Crippen LogP contribution in [0.2, 0.25) is 0 Å². The van der Waals surface area contributed by atoms with Gasteiger partial charge in [-0.05, 0) is 45.1 Å². The molecule has 1 heterocycles. The van der Waals surface area contributed by atoms with Gasteiger partial charge >= 0.3 is 0 Å². The maximum atomic E-state index is 9.93. The maximum Gasteiger partial charge on any atom is 0.0553 e. The molecule has 3 atom stereocenters. The summed E-state index contributed by atoms with van der Waals surface area (Å²) in [6.07, 6.45) is 7.70. The fourth-order valence-electron chi connectivity index (χ4n) is 3.59. The van der Waals surface area contributed by atoms with Crippen LogP contribution >= 0.6 is 0 Å². The molecule has 1 aliphatic heterocycles. The molecule has 0 radical (unpaired) electrons. The largest absolute Gasteiger partial charge is 0.393 e. The van der Waals surface area contributed by atoms with Gasteiger partial charge in [0.15, 0.2) is 0 Å². The monoisotopic (exact) mass is 254 g/mol. The molecule has 0 spiro atoms. The van der Waals surface area contributed by atoms with Crippen LogP contribution in [0.4, 0.5) is 0 Å². The third-order valence-corrected chi connectivity index (χ3v) is 4.72. The number of rotatable bonds is 5. The predicted molar refractivity (Wildman–Crippen MR) is 75.7 cm³/mol. The Hall–Kier alpha value is -0.120. The summed E-state index contributed by atoms with van der Waals surface area (Å²) in [5.74, 6) is 0.453. The van der Waals surface area contributed by atoms with Crippen molar-refractivity contribution in [1.82, 2.24) is 10.2 Å². The van der Waals surface area contributed by atoms with Gasteiger partial charge in [-0.3, -0.25) is 4.90 Å². The van der Waals surface area contributed by atoms with E-state index in [0.29, 0.717) is 12.0 Å². The molecule has 0 aromatic heterocycles. The Balaban J connectivity index is 1.92. The van der Waals surface area contributed by atoms with Crippen LogP contribution < -0.4 is 5.32 Å². The first-order valence-corrected chi connectivity index (χ1v) is 7.86. The lowest BCUT2D eigenvalue weighted by atomic mass is 9.89. The maximum absolute atomic E-state index is 9.93. The molecule has 0 aromatic rings. The van der Waals surface area contributed by atoms with Crippen molar-refractivity contribution in [2.45, 2.75) is 70.6 Å². The smallest absolute Gasteiger partial charge is 0.0553 e. The zero-order valence-corrected chi connectivity index (χ0v) is 12.1. The van der Waals surface area contributed by atoms with Crippen molar-refractivity contribution in [3.8, 4) is 0 Å². The van der Waals surface area contributed by atoms with Gasteiger partial charge in [0.25, 0.3) is 0 Å². The molecule has 0 amide bonds. The van der Waals surface area contributed by atoms with Crippen LogP contribution in [0, 0.1) is 5.92 Å². The van der Waals surface area contributed by atoms with Crippen molar-refractivity contribution >= 4 is 0 Å². The number of hydrogen-bond donors (Lipinski definition) is 2. The van der Waals surface area contributed by atoms with E-state index in [4.69, 9.17) is 0 Å². The van der Waals surface area contributed by atoms with Crippen LogP contribution in [0.25, 0.3) is 0 Å². The van der Waals surface area contributed by atoms with Gasteiger partial charge in [0.2, 0.25) is 0 Å². The number of aliphatic hydroxyl groups excluding tert-OH is 1. The molecule has 3 unspecified atom stereocenters. The zero-order chi connectivity index (χ0) is 13.0. The van der Waals surface area contributed by atoms with Crippen molar-refractivity contribution in [2.75, 3.05) is 19.6 Å². The van der Waals surface area contributed by atoms with Crippen molar-refractivity contribution in [2.24, 2.45) is 5.92 Å². The van der Waals surface area contributed by atoms with E-state index >= 15 is 0 Å². The van der Waals surface area contributed by atoms with Crippen LogP contribution in [-0.2, 0) is 0 Å². The van der Waals surface area contributed by atoms with E-state index in [1.165, 1.54) is 38.6 Å². The highest BCUT2D eigenvalue weighted by Crippen LogP contribution is 2.29. The Kier molecular flexibility index (Phi) is 5.46. The molecule has 0 bridgehead atoms. The molecule has 2 rings (SSSR count). The fourth-order valence-corrected chi connectivity index (χ4v) is 3.59. The third-order valence-electron chi connectivity index (χ3n) is 4.72. The van der Waals surface area contributed by atoms with Gasteiger partial charge in [0.1, 0.15) is 0 Å². The second-order valence-electron chi connectivity index (χ2n) is 6.28. The minimum absolute atomic E-state index is 0.167. The van der Waals surface area contributed by atoms with E-state index in [2.05, 4.69) is 17.1 Å². The lowest BCUT2D eigenvalue weighted by Gasteiger charge is -2.42. The topological polar surface area (TPSA) is 35.5 Å². The van der Waals surface area contributed by atoms with Crippen molar-refractivity contribution < 1.29 is 5.11 Å². The normalized spacial score (nSPS) is 32.8. The summed E-state index contributed by atoms with van der Waals surface area (Å²) < 4.78 is 0. The van der Waals surface area contributed by atoms with Crippen LogP contribution in [0.3, 0.4) is 0 Å². The van der Waals surface area contributed by atoms with E-state index in [0.717, 1.165) is 25.6 Å². The molecular weight excluding hydrogens is 224 g/mol. The average molecular weight is 254 g/mol. The number of piperidine rings is 1. The summed E-state index contributed by atoms with van der Waals surface area (Å²) >= 11 is 0. The first kappa shape index (κ1) is 14.3. The van der Waals surface area contributed by atoms with Crippen LogP contribution in [0.1, 0.15) is 52.4 Å². The molecule has 1 saturated heterocycles. The Labute approximate surface area is 112 Å². The summed E-state index contributed by atoms with van der Waals surface area (Å²) in [5.41, 5.74) is 0. The summed E-state index contributed by atoms with van der Waals surface area (Å²) in [7, 11) is 0. The highest BCUT2D eigenvalue weighted by Gasteiger charge is 2.33. The number of nitrogens with one attached hydrogen (secondary N) is 1. The van der Waals surface area contributed by atoms with Crippen molar-refractivity contribution in [1.29, 1.82) is 0 Å². The second-order valence-corrected chi connectivity index (χ2v) is 6.28. The van der Waals surface area contributed by atoms with Gasteiger partial charge in [-0.2, -0.15) is 0 Å². The molecule has 1 saturated carbocycles. The fraction of sp³-hybridized carbons (Fsp3) is 1.00. The van der Waals surface area contributed by atoms with Crippen molar-refractivity contribution in [3.05, 3.63) is 0 Å². The Morgan fingerprint density at radius 3 is 2.61 bits per heavy atom. The summed E-state index contributed by atoms with van der Waals surface area (Å²) in [6.45, 7) is 7.58. The highest BCUT2D eigenvalue weighted by molar-refractivity contribution is 4.90. The Bertz CT molecular complexity index is 239. The van der Waals surface area contributed by atoms with Gasteiger partial charge in [0.05, 0.1) is 6.10 Å². The van der Waals surface area contributed by atoms with Crippen LogP contribution in [-0.4, -0.2) is 47.8 Å². The standard InChI is InChI=1S/C15H30N2O/c1-3-8-16-14-9-13(12(2)18)10-17(11-14)15-6-4-5-7-15/h12-16,18H,3-11H2,1-2H3. The lowest BCUT2D eigenvalue weighted by Crippen LogP contribution is -2.54. The summed E-state index contributed by atoms with van der Waals surface area (Å²) in [6, 6.07) is 1.37. The lowest BCUT2D eigenvalue weighted by molar-refractivity contribution is 0.0302. The third kappa shape index (κ3) is 3.69. The Morgan fingerprint density at radius 2 is 2.00 bits per heavy atom. The predicted octanol–water partition coefficient (Wildman–Crippen LogP) is 2.00. The summed E-state index contributed by atoms with van der Waals surface area (Å²) in [5, 5.41) is 13.6. The SMILES string of the molecule is CCCNC1CC(C(C)O)CN(C2CCCC2)C1. The minimum atomic E-state index is -0.167. The Morgan fingerprint density at radius 1 is 1.28 bits per heavy atom. The molecule has 2 aliphatic rings. The molecule has 1 aliphatic carbocycles. The van der Waals surface area contributed by atoms with E-state index in [9.17, 15) is 5.11 Å². The number of nitrogens with zero attached hydrogens (tertiary/aromatic N) is 1. The first-order chi connectivity index (χ1) is 8.70. The molecule has 106 valence electrons. The van der Waals surface area contributed by atoms with Crippen molar-refractivity contribution in [3.63, 3.8) is 0 Å². The molecular formula is C15H30N2O. The van der Waals surface area contributed by atoms with Gasteiger partial charge in [-0.15, -0.1) is 0 Å². The second kappa shape index (κ2) is 6.88. The molecule has 18 heavy (non-hydrogen) atoms. The van der Waals surface area contributed by atoms with Gasteiger partial charge in [0, 0.05) is 25.2 Å². The molecule has 3 heteroatoms. The minimum Gasteiger partial charge on any atom is -0.393 e. The van der Waals surface area contributed by atoms with Gasteiger partial charge < -0.3 is 10.4 Å². The number of hydrogen-bond acceptors (Lipinski definition) is 3. The number of aliphatic hydroxyl groups is 1. The van der Waals surface area contributed by atoms with E-state index < -0.39 is 0 Å². The van der Waals surface area contributed by atoms with Crippen LogP contribution in [0.5, 0.6) is 0 Å². The van der Waals surface area contributed by atoms with Crippen LogP contribution in [0.15, 0.2) is 0 Å². The van der Waals surface area contributed by atoms with E-state index in [1.54, 1.807) is 0 Å². The zero-order valence-electron chi connectivity index (χ0n) is 12.1. The first-order valence-electron chi connectivity index (χ1n) is 7.86. The molecule has 3 nitrogen and oxygen atoms in total. The highest BCUT2D eigenvalue weighted by atomic mass is 16.3.